The summed E-state index contributed by atoms with van der Waals surface area (Å²) < 4.78 is 5.24. The van der Waals surface area contributed by atoms with Crippen molar-refractivity contribution in [2.75, 3.05) is 18.6 Å². The highest BCUT2D eigenvalue weighted by Crippen LogP contribution is 2.38. The molecule has 6 heteroatoms. The van der Waals surface area contributed by atoms with Gasteiger partial charge in [-0.3, -0.25) is 9.59 Å². The van der Waals surface area contributed by atoms with Gasteiger partial charge < -0.3 is 19.7 Å². The molecule has 4 rings (SSSR count). The number of nitrogens with one attached hydrogen (secondary N) is 1. The standard InChI is InChI=1S/C22H22N2O4/c1-28-16-4-6-20-18(13-16)17(22(26)27)9-11-24(20)21(25)7-3-14-2-5-19-15(12-14)8-10-23-19/h2,4-6,8,10,12-13,17,23H,3,7,9,11H2,1H3,(H,26,27). The largest absolute Gasteiger partial charge is 0.497 e. The molecule has 2 N–H and O–H groups in total. The van der Waals surface area contributed by atoms with Gasteiger partial charge in [-0.2, -0.15) is 0 Å². The molecule has 28 heavy (non-hydrogen) atoms. The van der Waals surface area contributed by atoms with E-state index in [9.17, 15) is 14.7 Å². The number of rotatable bonds is 5. The molecule has 144 valence electrons. The Balaban J connectivity index is 1.54. The van der Waals surface area contributed by atoms with Crippen LogP contribution in [0.4, 0.5) is 5.69 Å². The van der Waals surface area contributed by atoms with Crippen LogP contribution in [0.2, 0.25) is 0 Å². The second kappa shape index (κ2) is 7.38. The Labute approximate surface area is 162 Å². The summed E-state index contributed by atoms with van der Waals surface area (Å²) >= 11 is 0. The SMILES string of the molecule is COc1ccc2c(c1)C(C(=O)O)CCN2C(=O)CCc1ccc2[nH]ccc2c1. The second-order valence-corrected chi connectivity index (χ2v) is 7.05. The van der Waals surface area contributed by atoms with Crippen LogP contribution in [0.3, 0.4) is 0 Å². The van der Waals surface area contributed by atoms with Crippen molar-refractivity contribution < 1.29 is 19.4 Å². The molecule has 1 unspecified atom stereocenters. The highest BCUT2D eigenvalue weighted by atomic mass is 16.5. The summed E-state index contributed by atoms with van der Waals surface area (Å²) in [6.45, 7) is 0.409. The molecular formula is C22H22N2O4. The average Bonchev–Trinajstić information content (AvgIpc) is 3.18. The number of fused-ring (bicyclic) bond motifs is 2. The molecule has 0 fully saturated rings. The van der Waals surface area contributed by atoms with Gasteiger partial charge in [0.25, 0.3) is 0 Å². The fourth-order valence-electron chi connectivity index (χ4n) is 3.88. The highest BCUT2D eigenvalue weighted by molar-refractivity contribution is 5.96. The number of hydrogen-bond donors (Lipinski definition) is 2. The number of aromatic nitrogens is 1. The van der Waals surface area contributed by atoms with E-state index in [4.69, 9.17) is 4.74 Å². The van der Waals surface area contributed by atoms with Crippen molar-refractivity contribution >= 4 is 28.5 Å². The summed E-state index contributed by atoms with van der Waals surface area (Å²) in [5.74, 6) is -0.893. The van der Waals surface area contributed by atoms with Gasteiger partial charge in [0.15, 0.2) is 0 Å². The van der Waals surface area contributed by atoms with Crippen molar-refractivity contribution in [2.45, 2.75) is 25.2 Å². The predicted molar refractivity (Wildman–Crippen MR) is 107 cm³/mol. The van der Waals surface area contributed by atoms with Gasteiger partial charge in [-0.25, -0.2) is 0 Å². The maximum absolute atomic E-state index is 12.9. The van der Waals surface area contributed by atoms with Crippen molar-refractivity contribution in [3.05, 3.63) is 59.8 Å². The number of amides is 1. The zero-order valence-corrected chi connectivity index (χ0v) is 15.6. The average molecular weight is 378 g/mol. The number of H-pyrrole nitrogens is 1. The van der Waals surface area contributed by atoms with Gasteiger partial charge in [0.2, 0.25) is 5.91 Å². The first kappa shape index (κ1) is 18.1. The number of aromatic amines is 1. The van der Waals surface area contributed by atoms with Crippen LogP contribution in [-0.2, 0) is 16.0 Å². The summed E-state index contributed by atoms with van der Waals surface area (Å²) in [4.78, 5) is 29.4. The third-order valence-electron chi connectivity index (χ3n) is 5.39. The number of anilines is 1. The Hall–Kier alpha value is -3.28. The van der Waals surface area contributed by atoms with Crippen LogP contribution in [0, 0.1) is 0 Å². The van der Waals surface area contributed by atoms with Crippen LogP contribution in [0.25, 0.3) is 10.9 Å². The monoisotopic (exact) mass is 378 g/mol. The number of carboxylic acid groups (broad SMARTS) is 1. The fourth-order valence-corrected chi connectivity index (χ4v) is 3.88. The minimum Gasteiger partial charge on any atom is -0.497 e. The molecule has 0 radical (unpaired) electrons. The van der Waals surface area contributed by atoms with Gasteiger partial charge in [-0.05, 0) is 65.8 Å². The maximum atomic E-state index is 12.9. The molecule has 2 aromatic carbocycles. The van der Waals surface area contributed by atoms with Crippen molar-refractivity contribution in [3.8, 4) is 5.75 Å². The first-order valence-corrected chi connectivity index (χ1v) is 9.34. The number of aliphatic carboxylic acids is 1. The number of methoxy groups -OCH3 is 1. The van der Waals surface area contributed by atoms with E-state index in [1.165, 1.54) is 0 Å². The molecule has 0 saturated carbocycles. The van der Waals surface area contributed by atoms with E-state index >= 15 is 0 Å². The Kier molecular flexibility index (Phi) is 4.77. The molecule has 1 amide bonds. The predicted octanol–water partition coefficient (Wildman–Crippen LogP) is 3.71. The maximum Gasteiger partial charge on any atom is 0.311 e. The summed E-state index contributed by atoms with van der Waals surface area (Å²) in [6, 6.07) is 13.4. The molecule has 0 spiro atoms. The van der Waals surface area contributed by atoms with E-state index < -0.39 is 11.9 Å². The van der Waals surface area contributed by atoms with Crippen molar-refractivity contribution in [3.63, 3.8) is 0 Å². The van der Waals surface area contributed by atoms with Gasteiger partial charge in [0, 0.05) is 30.4 Å². The first-order valence-electron chi connectivity index (χ1n) is 9.34. The number of benzene rings is 2. The lowest BCUT2D eigenvalue weighted by molar-refractivity contribution is -0.139. The van der Waals surface area contributed by atoms with Gasteiger partial charge >= 0.3 is 5.97 Å². The van der Waals surface area contributed by atoms with E-state index in [-0.39, 0.29) is 5.91 Å². The van der Waals surface area contributed by atoms with Crippen molar-refractivity contribution in [1.82, 2.24) is 4.98 Å². The third kappa shape index (κ3) is 3.33. The van der Waals surface area contributed by atoms with Crippen molar-refractivity contribution in [2.24, 2.45) is 0 Å². The molecule has 0 aliphatic carbocycles. The Bertz CT molecular complexity index is 1040. The lowest BCUT2D eigenvalue weighted by Gasteiger charge is -2.33. The molecular weight excluding hydrogens is 356 g/mol. The quantitative estimate of drug-likeness (QED) is 0.709. The molecule has 6 nitrogen and oxygen atoms in total. The lowest BCUT2D eigenvalue weighted by atomic mass is 9.89. The van der Waals surface area contributed by atoms with Crippen LogP contribution in [0.5, 0.6) is 5.75 Å². The normalized spacial score (nSPS) is 16.0. The van der Waals surface area contributed by atoms with Gasteiger partial charge in [-0.15, -0.1) is 0 Å². The summed E-state index contributed by atoms with van der Waals surface area (Å²) in [5, 5.41) is 10.7. The van der Waals surface area contributed by atoms with E-state index in [0.29, 0.717) is 42.8 Å². The molecule has 3 aromatic rings. The van der Waals surface area contributed by atoms with E-state index in [1.54, 1.807) is 30.2 Å². The number of nitrogens with zero attached hydrogens (tertiary/aromatic N) is 1. The van der Waals surface area contributed by atoms with Crippen LogP contribution in [-0.4, -0.2) is 35.6 Å². The summed E-state index contributed by atoms with van der Waals surface area (Å²) in [7, 11) is 1.55. The van der Waals surface area contributed by atoms with Crippen LogP contribution in [0.15, 0.2) is 48.7 Å². The highest BCUT2D eigenvalue weighted by Gasteiger charge is 2.32. The number of carboxylic acids is 1. The third-order valence-corrected chi connectivity index (χ3v) is 5.39. The summed E-state index contributed by atoms with van der Waals surface area (Å²) in [6.07, 6.45) is 3.32. The van der Waals surface area contributed by atoms with Crippen LogP contribution < -0.4 is 9.64 Å². The molecule has 1 aliphatic rings. The van der Waals surface area contributed by atoms with E-state index in [2.05, 4.69) is 11.1 Å². The Morgan fingerprint density at radius 1 is 1.21 bits per heavy atom. The van der Waals surface area contributed by atoms with Crippen molar-refractivity contribution in [1.29, 1.82) is 0 Å². The number of hydrogen-bond acceptors (Lipinski definition) is 3. The van der Waals surface area contributed by atoms with Crippen LogP contribution >= 0.6 is 0 Å². The smallest absolute Gasteiger partial charge is 0.311 e. The number of carbonyl (C=O) groups is 2. The minimum absolute atomic E-state index is 0.00409. The Morgan fingerprint density at radius 2 is 2.07 bits per heavy atom. The minimum atomic E-state index is -0.874. The zero-order chi connectivity index (χ0) is 19.7. The summed E-state index contributed by atoms with van der Waals surface area (Å²) in [5.41, 5.74) is 3.50. The number of aryl methyl sites for hydroxylation is 1. The van der Waals surface area contributed by atoms with Gasteiger partial charge in [-0.1, -0.05) is 6.07 Å². The second-order valence-electron chi connectivity index (χ2n) is 7.05. The van der Waals surface area contributed by atoms with E-state index in [0.717, 1.165) is 16.5 Å². The topological polar surface area (TPSA) is 82.6 Å². The Morgan fingerprint density at radius 3 is 2.86 bits per heavy atom. The van der Waals surface area contributed by atoms with E-state index in [1.807, 2.05) is 24.4 Å². The fraction of sp³-hybridized carbons (Fsp3) is 0.273. The number of ether oxygens (including phenoxy) is 1. The molecule has 0 saturated heterocycles. The first-order chi connectivity index (χ1) is 13.6. The zero-order valence-electron chi connectivity index (χ0n) is 15.6. The molecule has 2 heterocycles. The lowest BCUT2D eigenvalue weighted by Crippen LogP contribution is -2.38. The van der Waals surface area contributed by atoms with Crippen LogP contribution in [0.1, 0.15) is 29.9 Å². The number of carbonyl (C=O) groups excluding carboxylic acids is 1. The molecule has 1 aliphatic heterocycles. The molecule has 1 atom stereocenters. The molecule has 1 aromatic heterocycles. The van der Waals surface area contributed by atoms with Gasteiger partial charge in [0.1, 0.15) is 5.75 Å². The van der Waals surface area contributed by atoms with Gasteiger partial charge in [0.05, 0.1) is 13.0 Å². The molecule has 0 bridgehead atoms.